The predicted octanol–water partition coefficient (Wildman–Crippen LogP) is 2.81. The third kappa shape index (κ3) is 8.34. The number of nitrogens with zero attached hydrogens (tertiary/aromatic N) is 2. The van der Waals surface area contributed by atoms with Crippen molar-refractivity contribution in [1.29, 1.82) is 0 Å². The fourth-order valence-electron chi connectivity index (χ4n) is 3.14. The van der Waals surface area contributed by atoms with Gasteiger partial charge in [0.2, 0.25) is 0 Å². The van der Waals surface area contributed by atoms with Crippen molar-refractivity contribution in [1.82, 2.24) is 15.5 Å². The Kier molecular flexibility index (Phi) is 11.6. The molecule has 1 unspecified atom stereocenters. The average molecular weight is 546 g/mol. The summed E-state index contributed by atoms with van der Waals surface area (Å²) < 4.78 is 53.3. The van der Waals surface area contributed by atoms with Crippen molar-refractivity contribution in [3.05, 3.63) is 23.8 Å². The van der Waals surface area contributed by atoms with E-state index < -0.39 is 12.6 Å². The minimum absolute atomic E-state index is 0. The monoisotopic (exact) mass is 546 g/mol. The molecule has 1 saturated heterocycles. The van der Waals surface area contributed by atoms with Gasteiger partial charge in [0.1, 0.15) is 0 Å². The molecule has 0 aliphatic carbocycles. The molecular formula is C19H30F3IN4O3. The first kappa shape index (κ1) is 26.6. The van der Waals surface area contributed by atoms with Crippen LogP contribution in [-0.2, 0) is 4.74 Å². The number of guanidine groups is 1. The van der Waals surface area contributed by atoms with Gasteiger partial charge in [-0.15, -0.1) is 24.0 Å². The van der Waals surface area contributed by atoms with Gasteiger partial charge in [-0.25, -0.2) is 0 Å². The molecule has 1 atom stereocenters. The van der Waals surface area contributed by atoms with Crippen LogP contribution in [0.15, 0.2) is 23.2 Å². The van der Waals surface area contributed by atoms with E-state index in [1.807, 2.05) is 18.2 Å². The topological polar surface area (TPSA) is 67.4 Å². The highest BCUT2D eigenvalue weighted by Crippen LogP contribution is 2.32. The van der Waals surface area contributed by atoms with Crippen molar-refractivity contribution in [3.63, 3.8) is 0 Å². The maximum absolute atomic E-state index is 12.4. The summed E-state index contributed by atoms with van der Waals surface area (Å²) in [5, 5.41) is 5.84. The second-order valence-corrected chi connectivity index (χ2v) is 6.52. The van der Waals surface area contributed by atoms with E-state index in [2.05, 4.69) is 20.5 Å². The summed E-state index contributed by atoms with van der Waals surface area (Å²) in [6.07, 6.45) is -5.13. The third-order valence-corrected chi connectivity index (χ3v) is 4.67. The summed E-state index contributed by atoms with van der Waals surface area (Å²) in [5.74, 6) is 1.58. The lowest BCUT2D eigenvalue weighted by atomic mass is 10.0. The maximum Gasteiger partial charge on any atom is 0.390 e. The van der Waals surface area contributed by atoms with E-state index in [4.69, 9.17) is 14.2 Å². The molecule has 0 aromatic heterocycles. The quantitative estimate of drug-likeness (QED) is 0.297. The molecule has 0 radical (unpaired) electrons. The Labute approximate surface area is 192 Å². The van der Waals surface area contributed by atoms with Crippen LogP contribution in [0.3, 0.4) is 0 Å². The van der Waals surface area contributed by atoms with Crippen molar-refractivity contribution in [2.24, 2.45) is 4.99 Å². The van der Waals surface area contributed by atoms with Crippen LogP contribution in [0.25, 0.3) is 0 Å². The second kappa shape index (κ2) is 13.1. The fraction of sp³-hybridized carbons (Fsp3) is 0.632. The molecule has 1 aromatic carbocycles. The van der Waals surface area contributed by atoms with Crippen LogP contribution < -0.4 is 20.1 Å². The zero-order chi connectivity index (χ0) is 21.3. The van der Waals surface area contributed by atoms with Gasteiger partial charge in [0.15, 0.2) is 17.5 Å². The highest BCUT2D eigenvalue weighted by atomic mass is 127. The summed E-state index contributed by atoms with van der Waals surface area (Å²) in [6.45, 7) is 2.98. The minimum Gasteiger partial charge on any atom is -0.493 e. The molecule has 1 aliphatic heterocycles. The molecule has 11 heteroatoms. The summed E-state index contributed by atoms with van der Waals surface area (Å²) in [6, 6.07) is 5.68. The molecule has 2 rings (SSSR count). The molecule has 0 spiro atoms. The summed E-state index contributed by atoms with van der Waals surface area (Å²) in [5.41, 5.74) is 1.00. The van der Waals surface area contributed by atoms with Crippen molar-refractivity contribution in [2.45, 2.75) is 18.6 Å². The van der Waals surface area contributed by atoms with Gasteiger partial charge in [-0.3, -0.25) is 9.89 Å². The molecule has 2 N–H and O–H groups in total. The van der Waals surface area contributed by atoms with Crippen molar-refractivity contribution < 1.29 is 27.4 Å². The lowest BCUT2D eigenvalue weighted by Gasteiger charge is -2.35. The van der Waals surface area contributed by atoms with E-state index in [-0.39, 0.29) is 36.6 Å². The molecule has 1 aromatic rings. The Bertz CT molecular complexity index is 671. The predicted molar refractivity (Wildman–Crippen MR) is 120 cm³/mol. The second-order valence-electron chi connectivity index (χ2n) is 6.52. The normalized spacial score (nSPS) is 16.4. The van der Waals surface area contributed by atoms with Gasteiger partial charge in [0.25, 0.3) is 0 Å². The van der Waals surface area contributed by atoms with Crippen LogP contribution in [-0.4, -0.2) is 77.7 Å². The largest absolute Gasteiger partial charge is 0.493 e. The van der Waals surface area contributed by atoms with Gasteiger partial charge in [0.05, 0.1) is 39.9 Å². The number of halogens is 4. The van der Waals surface area contributed by atoms with Crippen LogP contribution in [0.4, 0.5) is 13.2 Å². The molecule has 1 heterocycles. The standard InChI is InChI=1S/C19H29F3N4O3.HI/c1-23-18(24-7-6-19(20,21)22)25-13-15(26-8-10-29-11-9-26)14-4-5-16(27-2)17(12-14)28-3;/h4-5,12,15H,6-11,13H2,1-3H3,(H2,23,24,25);1H. The van der Waals surface area contributed by atoms with Crippen LogP contribution in [0, 0.1) is 0 Å². The van der Waals surface area contributed by atoms with E-state index in [0.717, 1.165) is 18.7 Å². The molecule has 172 valence electrons. The van der Waals surface area contributed by atoms with Crippen LogP contribution in [0.2, 0.25) is 0 Å². The number of benzene rings is 1. The van der Waals surface area contributed by atoms with Gasteiger partial charge in [-0.1, -0.05) is 6.07 Å². The zero-order valence-electron chi connectivity index (χ0n) is 17.4. The number of nitrogens with one attached hydrogen (secondary N) is 2. The highest BCUT2D eigenvalue weighted by molar-refractivity contribution is 14.0. The van der Waals surface area contributed by atoms with E-state index in [9.17, 15) is 13.2 Å². The first-order chi connectivity index (χ1) is 13.9. The molecule has 0 saturated carbocycles. The highest BCUT2D eigenvalue weighted by Gasteiger charge is 2.27. The summed E-state index contributed by atoms with van der Waals surface area (Å²) >= 11 is 0. The van der Waals surface area contributed by atoms with Crippen molar-refractivity contribution in [3.8, 4) is 11.5 Å². The number of ether oxygens (including phenoxy) is 3. The smallest absolute Gasteiger partial charge is 0.390 e. The Balaban J connectivity index is 0.00000450. The number of morpholine rings is 1. The first-order valence-electron chi connectivity index (χ1n) is 9.43. The zero-order valence-corrected chi connectivity index (χ0v) is 19.8. The van der Waals surface area contributed by atoms with Crippen LogP contribution in [0.1, 0.15) is 18.0 Å². The van der Waals surface area contributed by atoms with Gasteiger partial charge >= 0.3 is 6.18 Å². The SMILES string of the molecule is CN=C(NCCC(F)(F)F)NCC(c1ccc(OC)c(OC)c1)N1CCOCC1.I. The Morgan fingerprint density at radius 2 is 1.83 bits per heavy atom. The first-order valence-corrected chi connectivity index (χ1v) is 9.43. The van der Waals surface area contributed by atoms with Crippen molar-refractivity contribution in [2.75, 3.05) is 60.7 Å². The number of hydrogen-bond donors (Lipinski definition) is 2. The Morgan fingerprint density at radius 3 is 2.40 bits per heavy atom. The van der Waals surface area contributed by atoms with Gasteiger partial charge in [-0.05, 0) is 17.7 Å². The molecule has 7 nitrogen and oxygen atoms in total. The fourth-order valence-corrected chi connectivity index (χ4v) is 3.14. The lowest BCUT2D eigenvalue weighted by molar-refractivity contribution is -0.132. The molecule has 0 amide bonds. The minimum atomic E-state index is -4.21. The number of rotatable bonds is 8. The Hall–Kier alpha value is -1.47. The van der Waals surface area contributed by atoms with Gasteiger partial charge < -0.3 is 24.8 Å². The maximum atomic E-state index is 12.4. The van der Waals surface area contributed by atoms with Gasteiger partial charge in [-0.2, -0.15) is 13.2 Å². The van der Waals surface area contributed by atoms with Gasteiger partial charge in [0, 0.05) is 33.2 Å². The molecule has 1 fully saturated rings. The van der Waals surface area contributed by atoms with Crippen LogP contribution >= 0.6 is 24.0 Å². The number of methoxy groups -OCH3 is 2. The summed E-state index contributed by atoms with van der Waals surface area (Å²) in [4.78, 5) is 6.28. The van der Waals surface area contributed by atoms with E-state index in [1.54, 1.807) is 14.2 Å². The third-order valence-electron chi connectivity index (χ3n) is 4.67. The number of alkyl halides is 3. The average Bonchev–Trinajstić information content (AvgIpc) is 2.72. The number of hydrogen-bond acceptors (Lipinski definition) is 5. The lowest BCUT2D eigenvalue weighted by Crippen LogP contribution is -2.46. The van der Waals surface area contributed by atoms with Crippen molar-refractivity contribution >= 4 is 29.9 Å². The molecule has 1 aliphatic rings. The molecule has 30 heavy (non-hydrogen) atoms. The Morgan fingerprint density at radius 1 is 1.17 bits per heavy atom. The summed E-state index contributed by atoms with van der Waals surface area (Å²) in [7, 11) is 4.69. The molecule has 0 bridgehead atoms. The van der Waals surface area contributed by atoms with Crippen LogP contribution in [0.5, 0.6) is 11.5 Å². The van der Waals surface area contributed by atoms with E-state index >= 15 is 0 Å². The van der Waals surface area contributed by atoms with E-state index in [0.29, 0.717) is 37.2 Å². The molecular weight excluding hydrogens is 516 g/mol. The number of aliphatic imine (C=N–C) groups is 1. The van der Waals surface area contributed by atoms with E-state index in [1.165, 1.54) is 7.05 Å².